The Morgan fingerprint density at radius 3 is 1.70 bits per heavy atom. The van der Waals surface area contributed by atoms with Gasteiger partial charge in [-0.3, -0.25) is 10.1 Å². The molecule has 1 aromatic rings. The second-order valence-corrected chi connectivity index (χ2v) is 10.6. The fourth-order valence-corrected chi connectivity index (χ4v) is 5.04. The van der Waals surface area contributed by atoms with E-state index in [1.165, 1.54) is 103 Å². The zero-order valence-corrected chi connectivity index (χ0v) is 21.5. The van der Waals surface area contributed by atoms with E-state index in [-0.39, 0.29) is 16.3 Å². The monoisotopic (exact) mass is 484 g/mol. The molecule has 0 fully saturated rings. The predicted octanol–water partition coefficient (Wildman–Crippen LogP) is 7.14. The molecule has 0 aliphatic carbocycles. The Kier molecular flexibility index (Phi) is 15.8. The van der Waals surface area contributed by atoms with Crippen LogP contribution in [0.25, 0.3) is 0 Å². The quantitative estimate of drug-likeness (QED) is 0.113. The van der Waals surface area contributed by atoms with Crippen LogP contribution in [-0.2, 0) is 10.0 Å². The van der Waals surface area contributed by atoms with E-state index in [0.29, 0.717) is 6.54 Å². The van der Waals surface area contributed by atoms with Gasteiger partial charge in [-0.2, -0.15) is 0 Å². The van der Waals surface area contributed by atoms with Gasteiger partial charge in [-0.05, 0) is 18.6 Å². The van der Waals surface area contributed by atoms with E-state index in [2.05, 4.69) is 11.6 Å². The molecule has 0 heterocycles. The van der Waals surface area contributed by atoms with Crippen molar-refractivity contribution in [3.63, 3.8) is 0 Å². The Morgan fingerprint density at radius 1 is 0.818 bits per heavy atom. The highest BCUT2D eigenvalue weighted by Crippen LogP contribution is 2.29. The van der Waals surface area contributed by atoms with Crippen molar-refractivity contribution in [2.24, 2.45) is 0 Å². The first-order chi connectivity index (χ1) is 15.9. The summed E-state index contributed by atoms with van der Waals surface area (Å²) < 4.78 is 32.2. The number of benzene rings is 1. The fourth-order valence-electron chi connectivity index (χ4n) is 3.94. The number of nitro benzene ring substituents is 1. The first-order valence-corrected chi connectivity index (χ1v) is 14.2. The molecule has 7 nitrogen and oxygen atoms in total. The standard InChI is InChI=1S/C25H44N2O5S/c1-3-4-5-6-7-8-9-10-11-12-13-14-15-16-17-18-21-26-33(30,31)23-19-20-25(32-2)24(22-23)27(28)29/h19-20,22,26H,3-18,21H2,1-2H3. The van der Waals surface area contributed by atoms with Gasteiger partial charge in [-0.1, -0.05) is 103 Å². The van der Waals surface area contributed by atoms with Gasteiger partial charge in [0.05, 0.1) is 16.9 Å². The molecule has 33 heavy (non-hydrogen) atoms. The number of hydrogen-bond donors (Lipinski definition) is 1. The number of rotatable bonds is 21. The maximum absolute atomic E-state index is 12.4. The van der Waals surface area contributed by atoms with E-state index in [4.69, 9.17) is 4.74 Å². The summed E-state index contributed by atoms with van der Waals surface area (Å²) in [5.41, 5.74) is -0.359. The van der Waals surface area contributed by atoms with Crippen molar-refractivity contribution in [3.8, 4) is 5.75 Å². The molecule has 0 amide bonds. The van der Waals surface area contributed by atoms with Gasteiger partial charge in [0.1, 0.15) is 0 Å². The molecule has 0 unspecified atom stereocenters. The lowest BCUT2D eigenvalue weighted by Gasteiger charge is -2.08. The van der Waals surface area contributed by atoms with Crippen LogP contribution < -0.4 is 9.46 Å². The van der Waals surface area contributed by atoms with Crippen LogP contribution in [0.2, 0.25) is 0 Å². The SMILES string of the molecule is CCCCCCCCCCCCCCCCCCNS(=O)(=O)c1ccc(OC)c([N+](=O)[O-])c1. The van der Waals surface area contributed by atoms with Crippen LogP contribution in [0.4, 0.5) is 5.69 Å². The smallest absolute Gasteiger partial charge is 0.312 e. The number of unbranched alkanes of at least 4 members (excludes halogenated alkanes) is 15. The molecule has 0 aliphatic heterocycles. The van der Waals surface area contributed by atoms with Gasteiger partial charge in [0, 0.05) is 12.6 Å². The van der Waals surface area contributed by atoms with Crippen molar-refractivity contribution in [1.82, 2.24) is 4.72 Å². The normalized spacial score (nSPS) is 11.6. The minimum Gasteiger partial charge on any atom is -0.490 e. The first kappa shape index (κ1) is 29.4. The van der Waals surface area contributed by atoms with Crippen LogP contribution in [0.3, 0.4) is 0 Å². The van der Waals surface area contributed by atoms with Gasteiger partial charge in [-0.15, -0.1) is 0 Å². The molecular formula is C25H44N2O5S. The van der Waals surface area contributed by atoms with E-state index in [1.807, 2.05) is 0 Å². The highest BCUT2D eigenvalue weighted by molar-refractivity contribution is 7.89. The second kappa shape index (κ2) is 17.8. The molecule has 1 rings (SSSR count). The molecular weight excluding hydrogens is 440 g/mol. The molecule has 1 N–H and O–H groups in total. The Labute approximate surface area is 200 Å². The van der Waals surface area contributed by atoms with E-state index < -0.39 is 14.9 Å². The third-order valence-corrected chi connectivity index (χ3v) is 7.44. The summed E-state index contributed by atoms with van der Waals surface area (Å²) in [6.07, 6.45) is 20.3. The summed E-state index contributed by atoms with van der Waals surface area (Å²) in [5.74, 6) is 0.0387. The molecule has 0 saturated carbocycles. The summed E-state index contributed by atoms with van der Waals surface area (Å²) in [6.45, 7) is 2.59. The molecule has 0 radical (unpaired) electrons. The zero-order valence-electron chi connectivity index (χ0n) is 20.6. The third kappa shape index (κ3) is 13.0. The molecule has 0 aliphatic rings. The fraction of sp³-hybridized carbons (Fsp3) is 0.760. The number of nitrogens with zero attached hydrogens (tertiary/aromatic N) is 1. The minimum absolute atomic E-state index is 0.0387. The van der Waals surface area contributed by atoms with Crippen molar-refractivity contribution < 1.29 is 18.1 Å². The zero-order chi connectivity index (χ0) is 24.4. The molecule has 0 spiro atoms. The molecule has 0 atom stereocenters. The lowest BCUT2D eigenvalue weighted by molar-refractivity contribution is -0.386. The van der Waals surface area contributed by atoms with Crippen LogP contribution >= 0.6 is 0 Å². The average molecular weight is 485 g/mol. The van der Waals surface area contributed by atoms with E-state index in [1.54, 1.807) is 0 Å². The van der Waals surface area contributed by atoms with Crippen molar-refractivity contribution in [2.45, 2.75) is 115 Å². The van der Waals surface area contributed by atoms with Gasteiger partial charge in [0.25, 0.3) is 0 Å². The lowest BCUT2D eigenvalue weighted by Crippen LogP contribution is -2.24. The molecule has 0 aromatic heterocycles. The van der Waals surface area contributed by atoms with Gasteiger partial charge in [0.15, 0.2) is 5.75 Å². The van der Waals surface area contributed by atoms with Crippen molar-refractivity contribution in [2.75, 3.05) is 13.7 Å². The summed E-state index contributed by atoms with van der Waals surface area (Å²) in [7, 11) is -2.46. The van der Waals surface area contributed by atoms with Gasteiger partial charge in [-0.25, -0.2) is 13.1 Å². The predicted molar refractivity (Wildman–Crippen MR) is 134 cm³/mol. The highest BCUT2D eigenvalue weighted by Gasteiger charge is 2.21. The lowest BCUT2D eigenvalue weighted by atomic mass is 10.0. The van der Waals surface area contributed by atoms with Crippen molar-refractivity contribution >= 4 is 15.7 Å². The third-order valence-electron chi connectivity index (χ3n) is 5.98. The maximum Gasteiger partial charge on any atom is 0.312 e. The second-order valence-electron chi connectivity index (χ2n) is 8.79. The van der Waals surface area contributed by atoms with Crippen LogP contribution in [-0.4, -0.2) is 27.0 Å². The highest BCUT2D eigenvalue weighted by atomic mass is 32.2. The van der Waals surface area contributed by atoms with Gasteiger partial charge < -0.3 is 4.74 Å². The number of hydrogen-bond acceptors (Lipinski definition) is 5. The molecule has 8 heteroatoms. The van der Waals surface area contributed by atoms with Crippen LogP contribution in [0, 0.1) is 10.1 Å². The minimum atomic E-state index is -3.77. The number of nitro groups is 1. The largest absolute Gasteiger partial charge is 0.490 e. The van der Waals surface area contributed by atoms with E-state index in [0.717, 1.165) is 25.3 Å². The maximum atomic E-state index is 12.4. The van der Waals surface area contributed by atoms with Crippen LogP contribution in [0.1, 0.15) is 110 Å². The topological polar surface area (TPSA) is 98.5 Å². The number of sulfonamides is 1. The molecule has 1 aromatic carbocycles. The van der Waals surface area contributed by atoms with E-state index >= 15 is 0 Å². The Bertz CT molecular complexity index is 768. The van der Waals surface area contributed by atoms with Crippen molar-refractivity contribution in [3.05, 3.63) is 28.3 Å². The number of methoxy groups -OCH3 is 1. The Hall–Kier alpha value is -1.67. The Balaban J connectivity index is 2.05. The molecule has 0 saturated heterocycles. The van der Waals surface area contributed by atoms with Crippen molar-refractivity contribution in [1.29, 1.82) is 0 Å². The first-order valence-electron chi connectivity index (χ1n) is 12.7. The summed E-state index contributed by atoms with van der Waals surface area (Å²) in [4.78, 5) is 10.3. The van der Waals surface area contributed by atoms with E-state index in [9.17, 15) is 18.5 Å². The molecule has 0 bridgehead atoms. The summed E-state index contributed by atoms with van der Waals surface area (Å²) >= 11 is 0. The number of nitrogens with one attached hydrogen (secondary N) is 1. The van der Waals surface area contributed by atoms with Crippen LogP contribution in [0.15, 0.2) is 23.1 Å². The number of ether oxygens (including phenoxy) is 1. The Morgan fingerprint density at radius 2 is 1.27 bits per heavy atom. The van der Waals surface area contributed by atoms with Gasteiger partial charge in [0.2, 0.25) is 10.0 Å². The molecule has 190 valence electrons. The van der Waals surface area contributed by atoms with Gasteiger partial charge >= 0.3 is 5.69 Å². The summed E-state index contributed by atoms with van der Waals surface area (Å²) in [5, 5.41) is 11.1. The van der Waals surface area contributed by atoms with Crippen LogP contribution in [0.5, 0.6) is 5.75 Å². The average Bonchev–Trinajstić information content (AvgIpc) is 2.80. The summed E-state index contributed by atoms with van der Waals surface area (Å²) in [6, 6.07) is 3.66.